The van der Waals surface area contributed by atoms with Crippen LogP contribution >= 0.6 is 0 Å². The summed E-state index contributed by atoms with van der Waals surface area (Å²) >= 11 is 0. The maximum atomic E-state index is 12.8. The number of aryl methyl sites for hydroxylation is 2. The molecule has 1 fully saturated rings. The molecule has 0 radical (unpaired) electrons. The van der Waals surface area contributed by atoms with Crippen molar-refractivity contribution in [1.82, 2.24) is 9.88 Å². The van der Waals surface area contributed by atoms with E-state index in [2.05, 4.69) is 16.8 Å². The highest BCUT2D eigenvalue weighted by Gasteiger charge is 2.27. The molecule has 28 heavy (non-hydrogen) atoms. The van der Waals surface area contributed by atoms with Crippen LogP contribution in [0.15, 0.2) is 48.0 Å². The third-order valence-electron chi connectivity index (χ3n) is 4.71. The molecule has 0 atom stereocenters. The smallest absolute Gasteiger partial charge is 0.285 e. The van der Waals surface area contributed by atoms with Crippen LogP contribution in [-0.4, -0.2) is 33.8 Å². The van der Waals surface area contributed by atoms with Gasteiger partial charge in [-0.25, -0.2) is 4.98 Å². The first kappa shape index (κ1) is 19.3. The maximum absolute atomic E-state index is 12.8. The minimum absolute atomic E-state index is 0.106. The Hall–Kier alpha value is -3.46. The average Bonchev–Trinajstić information content (AvgIpc) is 2.67. The molecular formula is C22H21N3O3. The van der Waals surface area contributed by atoms with Crippen molar-refractivity contribution in [2.75, 3.05) is 13.1 Å². The molecule has 1 saturated heterocycles. The Morgan fingerprint density at radius 1 is 1.18 bits per heavy atom. The normalized spacial score (nSPS) is 13.5. The van der Waals surface area contributed by atoms with Crippen molar-refractivity contribution in [3.8, 4) is 11.8 Å². The van der Waals surface area contributed by atoms with Crippen LogP contribution in [0.4, 0.5) is 5.69 Å². The quantitative estimate of drug-likeness (QED) is 0.454. The van der Waals surface area contributed by atoms with E-state index in [1.54, 1.807) is 24.0 Å². The maximum Gasteiger partial charge on any atom is 0.285 e. The number of allylic oxidation sites excluding steroid dienone is 1. The Morgan fingerprint density at radius 2 is 1.89 bits per heavy atom. The van der Waals surface area contributed by atoms with Crippen LogP contribution in [0, 0.1) is 35.8 Å². The number of nitro benzene ring substituents is 1. The number of hydrogen-bond donors (Lipinski definition) is 0. The van der Waals surface area contributed by atoms with E-state index in [0.717, 1.165) is 11.4 Å². The van der Waals surface area contributed by atoms with Crippen LogP contribution in [0.1, 0.15) is 40.2 Å². The largest absolute Gasteiger partial charge is 0.338 e. The first-order valence-corrected chi connectivity index (χ1v) is 9.12. The zero-order chi connectivity index (χ0) is 20.1. The minimum atomic E-state index is -0.479. The number of benzene rings is 1. The summed E-state index contributed by atoms with van der Waals surface area (Å²) in [6, 6.07) is 10.6. The summed E-state index contributed by atoms with van der Waals surface area (Å²) < 4.78 is 0. The Bertz CT molecular complexity index is 1010. The highest BCUT2D eigenvalue weighted by atomic mass is 16.6. The molecular weight excluding hydrogens is 354 g/mol. The number of carbonyl (C=O) groups is 1. The second-order valence-corrected chi connectivity index (χ2v) is 6.76. The van der Waals surface area contributed by atoms with Crippen molar-refractivity contribution in [3.05, 3.63) is 80.7 Å². The molecule has 3 rings (SSSR count). The van der Waals surface area contributed by atoms with Gasteiger partial charge in [-0.3, -0.25) is 14.9 Å². The Kier molecular flexibility index (Phi) is 5.85. The molecule has 0 spiro atoms. The number of rotatable bonds is 2. The number of piperidine rings is 1. The molecule has 6 heteroatoms. The van der Waals surface area contributed by atoms with Crippen LogP contribution in [0.5, 0.6) is 0 Å². The van der Waals surface area contributed by atoms with E-state index >= 15 is 0 Å². The van der Waals surface area contributed by atoms with Gasteiger partial charge in [-0.1, -0.05) is 29.7 Å². The lowest BCUT2D eigenvalue weighted by Crippen LogP contribution is -2.36. The van der Waals surface area contributed by atoms with Gasteiger partial charge in [-0.15, -0.1) is 0 Å². The third-order valence-corrected chi connectivity index (χ3v) is 4.71. The van der Waals surface area contributed by atoms with Gasteiger partial charge < -0.3 is 4.90 Å². The van der Waals surface area contributed by atoms with Crippen molar-refractivity contribution in [1.29, 1.82) is 0 Å². The summed E-state index contributed by atoms with van der Waals surface area (Å²) in [5.41, 5.74) is 3.37. The highest BCUT2D eigenvalue weighted by molar-refractivity contribution is 5.98. The lowest BCUT2D eigenvalue weighted by Gasteiger charge is -2.28. The number of hydrogen-bond acceptors (Lipinski definition) is 4. The summed E-state index contributed by atoms with van der Waals surface area (Å²) in [4.78, 5) is 29.7. The fraction of sp³-hybridized carbons (Fsp3) is 0.273. The number of nitro groups is 1. The fourth-order valence-corrected chi connectivity index (χ4v) is 3.21. The molecule has 2 aromatic rings. The molecule has 1 aromatic carbocycles. The monoisotopic (exact) mass is 375 g/mol. The van der Waals surface area contributed by atoms with Gasteiger partial charge >= 0.3 is 0 Å². The highest BCUT2D eigenvalue weighted by Crippen LogP contribution is 2.26. The molecule has 1 aliphatic rings. The molecule has 1 amide bonds. The molecule has 0 N–H and O–H groups in total. The first-order valence-electron chi connectivity index (χ1n) is 9.12. The van der Waals surface area contributed by atoms with Crippen LogP contribution in [0.2, 0.25) is 0 Å². The van der Waals surface area contributed by atoms with E-state index in [9.17, 15) is 14.9 Å². The predicted molar refractivity (Wildman–Crippen MR) is 107 cm³/mol. The van der Waals surface area contributed by atoms with Crippen molar-refractivity contribution in [2.24, 2.45) is 0 Å². The van der Waals surface area contributed by atoms with Gasteiger partial charge in [-0.2, -0.15) is 0 Å². The van der Waals surface area contributed by atoms with Crippen LogP contribution in [0.3, 0.4) is 0 Å². The van der Waals surface area contributed by atoms with Crippen molar-refractivity contribution >= 4 is 11.6 Å². The van der Waals surface area contributed by atoms with E-state index in [1.807, 2.05) is 31.2 Å². The third kappa shape index (κ3) is 4.44. The van der Waals surface area contributed by atoms with Gasteiger partial charge in [0.2, 0.25) is 0 Å². The van der Waals surface area contributed by atoms with Gasteiger partial charge in [0.1, 0.15) is 11.3 Å². The summed E-state index contributed by atoms with van der Waals surface area (Å²) in [7, 11) is 0. The molecule has 0 bridgehead atoms. The second kappa shape index (κ2) is 8.49. The number of amides is 1. The van der Waals surface area contributed by atoms with Crippen LogP contribution < -0.4 is 0 Å². The summed E-state index contributed by atoms with van der Waals surface area (Å²) in [5, 5.41) is 11.3. The first-order chi connectivity index (χ1) is 13.5. The number of likely N-dealkylation sites (tertiary alicyclic amines) is 1. The minimum Gasteiger partial charge on any atom is -0.338 e. The lowest BCUT2D eigenvalue weighted by molar-refractivity contribution is -0.385. The number of aromatic nitrogens is 1. The summed E-state index contributed by atoms with van der Waals surface area (Å²) in [5.74, 6) is 5.78. The standard InChI is InChI=1S/C22H21N3O3/c1-16-6-3-11-20(21(16)25(27)28)22(26)24-14-12-18(13-15-24)8-5-10-19-9-4-7-17(2)23-19/h3-4,6-9,11H,12-15H2,1-2H3. The van der Waals surface area contributed by atoms with Crippen LogP contribution in [-0.2, 0) is 0 Å². The number of nitrogens with zero attached hydrogens (tertiary/aromatic N) is 3. The number of para-hydroxylation sites is 1. The van der Waals surface area contributed by atoms with E-state index in [0.29, 0.717) is 31.5 Å². The van der Waals surface area contributed by atoms with Crippen molar-refractivity contribution in [2.45, 2.75) is 26.7 Å². The van der Waals surface area contributed by atoms with Crippen molar-refractivity contribution < 1.29 is 9.72 Å². The van der Waals surface area contributed by atoms with Gasteiger partial charge in [0, 0.05) is 24.3 Å². The van der Waals surface area contributed by atoms with Gasteiger partial charge in [0.05, 0.1) is 4.92 Å². The van der Waals surface area contributed by atoms with Crippen molar-refractivity contribution in [3.63, 3.8) is 0 Å². The van der Waals surface area contributed by atoms with Gasteiger partial charge in [0.15, 0.2) is 0 Å². The summed E-state index contributed by atoms with van der Waals surface area (Å²) in [6.07, 6.45) is 3.31. The van der Waals surface area contributed by atoms with Gasteiger partial charge in [0.25, 0.3) is 11.6 Å². The molecule has 0 aliphatic carbocycles. The fourth-order valence-electron chi connectivity index (χ4n) is 3.21. The zero-order valence-electron chi connectivity index (χ0n) is 15.9. The SMILES string of the molecule is Cc1cccc(C#CC=C2CCN(C(=O)c3cccc(C)c3[N+](=O)[O-])CC2)n1. The van der Waals surface area contributed by atoms with E-state index in [-0.39, 0.29) is 17.2 Å². The van der Waals surface area contributed by atoms with Gasteiger partial charge in [-0.05, 0) is 56.9 Å². The molecule has 0 saturated carbocycles. The molecule has 6 nitrogen and oxygen atoms in total. The molecule has 1 aromatic heterocycles. The van der Waals surface area contributed by atoms with E-state index in [1.165, 1.54) is 11.6 Å². The van der Waals surface area contributed by atoms with Crippen LogP contribution in [0.25, 0.3) is 0 Å². The van der Waals surface area contributed by atoms with E-state index < -0.39 is 4.92 Å². The Balaban J connectivity index is 1.67. The lowest BCUT2D eigenvalue weighted by atomic mass is 10.0. The Morgan fingerprint density at radius 3 is 2.57 bits per heavy atom. The molecule has 1 aliphatic heterocycles. The average molecular weight is 375 g/mol. The Labute approximate surface area is 164 Å². The van der Waals surface area contributed by atoms with E-state index in [4.69, 9.17) is 0 Å². The predicted octanol–water partition coefficient (Wildman–Crippen LogP) is 3.82. The molecule has 0 unspecified atom stereocenters. The summed E-state index contributed by atoms with van der Waals surface area (Å²) in [6.45, 7) is 4.63. The zero-order valence-corrected chi connectivity index (χ0v) is 15.9. The molecule has 2 heterocycles. The molecule has 142 valence electrons. The number of carbonyl (C=O) groups excluding carboxylic acids is 1. The number of pyridine rings is 1. The second-order valence-electron chi connectivity index (χ2n) is 6.76. The topological polar surface area (TPSA) is 76.3 Å².